The monoisotopic (exact) mass is 635 g/mol. The number of amidine groups is 1. The molecular formula is C35H43Cl2N5O2. The number of carbonyl (C=O) groups is 1. The molecule has 0 bridgehead atoms. The lowest BCUT2D eigenvalue weighted by Gasteiger charge is -2.46. The first-order valence-corrected chi connectivity index (χ1v) is 16.1. The number of hydrogen-bond donors (Lipinski definition) is 0. The molecule has 3 aromatic rings. The summed E-state index contributed by atoms with van der Waals surface area (Å²) in [6.07, 6.45) is 2.71. The van der Waals surface area contributed by atoms with E-state index in [1.807, 2.05) is 77.5 Å². The number of pyridine rings is 1. The molecule has 44 heavy (non-hydrogen) atoms. The molecule has 0 radical (unpaired) electrons. The average molecular weight is 637 g/mol. The summed E-state index contributed by atoms with van der Waals surface area (Å²) in [7, 11) is 2.10. The standard InChI is InChI=1S/C35H43Cl2N5O2/c1-8-44-29-22-30(33(2,3)4)38-23-28(29)31-39-34(5,24-10-14-26(36)15-11-24)35(6,25-12-16-27(37)17-13-25)42(31)32(43)41-19-9-18-40(7)20-21-41/h10-17,22-23H,8-9,18-21H2,1-7H3/t34-,35+/m0/s1. The summed E-state index contributed by atoms with van der Waals surface area (Å²) in [6.45, 7) is 16.0. The minimum Gasteiger partial charge on any atom is -0.493 e. The van der Waals surface area contributed by atoms with E-state index in [0.29, 0.717) is 46.9 Å². The van der Waals surface area contributed by atoms with Crippen molar-refractivity contribution in [1.29, 1.82) is 0 Å². The molecule has 0 N–H and O–H groups in total. The number of aromatic nitrogens is 1. The van der Waals surface area contributed by atoms with E-state index in [1.165, 1.54) is 0 Å². The highest BCUT2D eigenvalue weighted by molar-refractivity contribution is 6.30. The molecule has 2 aliphatic heterocycles. The van der Waals surface area contributed by atoms with Crippen LogP contribution in [0.25, 0.3) is 0 Å². The molecule has 0 unspecified atom stereocenters. The van der Waals surface area contributed by atoms with Crippen LogP contribution >= 0.6 is 23.2 Å². The summed E-state index contributed by atoms with van der Waals surface area (Å²) in [6, 6.07) is 17.4. The molecule has 1 saturated heterocycles. The fourth-order valence-electron chi connectivity index (χ4n) is 6.24. The highest BCUT2D eigenvalue weighted by Gasteiger charge is 2.60. The lowest BCUT2D eigenvalue weighted by atomic mass is 9.71. The Morgan fingerprint density at radius 2 is 1.55 bits per heavy atom. The summed E-state index contributed by atoms with van der Waals surface area (Å²) in [4.78, 5) is 31.5. The van der Waals surface area contributed by atoms with Gasteiger partial charge in [0.25, 0.3) is 0 Å². The predicted molar refractivity (Wildman–Crippen MR) is 179 cm³/mol. The van der Waals surface area contributed by atoms with E-state index in [9.17, 15) is 0 Å². The van der Waals surface area contributed by atoms with Gasteiger partial charge in [0.2, 0.25) is 0 Å². The van der Waals surface area contributed by atoms with Gasteiger partial charge in [-0.1, -0.05) is 68.2 Å². The molecule has 2 atom stereocenters. The first-order valence-electron chi connectivity index (χ1n) is 15.3. The van der Waals surface area contributed by atoms with Gasteiger partial charge in [0.15, 0.2) is 0 Å². The largest absolute Gasteiger partial charge is 0.493 e. The number of nitrogens with zero attached hydrogens (tertiary/aromatic N) is 5. The molecule has 9 heteroatoms. The number of benzene rings is 2. The van der Waals surface area contributed by atoms with Gasteiger partial charge >= 0.3 is 6.03 Å². The fourth-order valence-corrected chi connectivity index (χ4v) is 6.49. The van der Waals surface area contributed by atoms with Crippen LogP contribution < -0.4 is 4.74 Å². The Morgan fingerprint density at radius 3 is 2.14 bits per heavy atom. The second-order valence-corrected chi connectivity index (χ2v) is 14.0. The number of hydrogen-bond acceptors (Lipinski definition) is 5. The van der Waals surface area contributed by atoms with Crippen LogP contribution in [0.15, 0.2) is 65.8 Å². The molecule has 5 rings (SSSR count). The Hall–Kier alpha value is -3.13. The molecule has 7 nitrogen and oxygen atoms in total. The van der Waals surface area contributed by atoms with E-state index in [4.69, 9.17) is 37.9 Å². The zero-order valence-corrected chi connectivity index (χ0v) is 28.3. The molecule has 1 aromatic heterocycles. The number of carbonyl (C=O) groups excluding carboxylic acids is 1. The highest BCUT2D eigenvalue weighted by atomic mass is 35.5. The van der Waals surface area contributed by atoms with Crippen molar-refractivity contribution in [1.82, 2.24) is 19.7 Å². The van der Waals surface area contributed by atoms with Crippen molar-refractivity contribution >= 4 is 35.1 Å². The van der Waals surface area contributed by atoms with Gasteiger partial charge in [0.05, 0.1) is 12.2 Å². The van der Waals surface area contributed by atoms with Gasteiger partial charge in [-0.05, 0) is 76.2 Å². The zero-order valence-electron chi connectivity index (χ0n) is 26.8. The number of ether oxygens (including phenoxy) is 1. The van der Waals surface area contributed by atoms with Gasteiger partial charge in [-0.25, -0.2) is 4.79 Å². The Labute approximate surface area is 271 Å². The average Bonchev–Trinajstić information content (AvgIpc) is 3.08. The molecule has 1 fully saturated rings. The number of halogens is 2. The van der Waals surface area contributed by atoms with Crippen LogP contribution in [0.5, 0.6) is 5.75 Å². The zero-order chi connectivity index (χ0) is 31.9. The Morgan fingerprint density at radius 1 is 0.932 bits per heavy atom. The molecular weight excluding hydrogens is 593 g/mol. The van der Waals surface area contributed by atoms with E-state index >= 15 is 4.79 Å². The minimum atomic E-state index is -0.956. The molecule has 0 saturated carbocycles. The van der Waals surface area contributed by atoms with Gasteiger partial charge in [-0.3, -0.25) is 14.9 Å². The molecule has 0 aliphatic carbocycles. The van der Waals surface area contributed by atoms with Crippen LogP contribution in [0.3, 0.4) is 0 Å². The maximum absolute atomic E-state index is 15.0. The number of urea groups is 1. The normalized spacial score (nSPS) is 23.0. The maximum Gasteiger partial charge on any atom is 0.326 e. The van der Waals surface area contributed by atoms with Crippen LogP contribution in [0.4, 0.5) is 4.79 Å². The van der Waals surface area contributed by atoms with Gasteiger partial charge < -0.3 is 14.5 Å². The topological polar surface area (TPSA) is 61.3 Å². The lowest BCUT2D eigenvalue weighted by Crippen LogP contribution is -2.58. The minimum absolute atomic E-state index is 0.100. The van der Waals surface area contributed by atoms with Crippen molar-refractivity contribution in [3.63, 3.8) is 0 Å². The van der Waals surface area contributed by atoms with Crippen LogP contribution in [0, 0.1) is 0 Å². The number of likely N-dealkylation sites (N-methyl/N-ethyl adjacent to an activating group) is 1. The summed E-state index contributed by atoms with van der Waals surface area (Å²) < 4.78 is 6.26. The van der Waals surface area contributed by atoms with E-state index in [0.717, 1.165) is 36.3 Å². The Kier molecular flexibility index (Phi) is 9.05. The Bertz CT molecular complexity index is 1540. The predicted octanol–water partition coefficient (Wildman–Crippen LogP) is 7.74. The Balaban J connectivity index is 1.79. The van der Waals surface area contributed by atoms with Gasteiger partial charge in [0, 0.05) is 53.1 Å². The van der Waals surface area contributed by atoms with Crippen molar-refractivity contribution in [3.05, 3.63) is 93.2 Å². The SMILES string of the molecule is CCOc1cc(C(C)(C)C)ncc1C1=N[C@@](C)(c2ccc(Cl)cc2)[C@@](C)(c2ccc(Cl)cc2)N1C(=O)N1CCCN(C)CC1. The number of aliphatic imine (C=N–C) groups is 1. The quantitative estimate of drug-likeness (QED) is 0.288. The fraction of sp³-hybridized carbons (Fsp3) is 0.457. The summed E-state index contributed by atoms with van der Waals surface area (Å²) >= 11 is 12.8. The third kappa shape index (κ3) is 5.82. The van der Waals surface area contributed by atoms with Crippen molar-refractivity contribution in [2.45, 2.75) is 64.5 Å². The first-order chi connectivity index (χ1) is 20.8. The number of rotatable bonds is 5. The second-order valence-electron chi connectivity index (χ2n) is 13.1. The highest BCUT2D eigenvalue weighted by Crippen LogP contribution is 2.54. The van der Waals surface area contributed by atoms with Crippen molar-refractivity contribution < 1.29 is 9.53 Å². The van der Waals surface area contributed by atoms with E-state index in [2.05, 4.69) is 46.6 Å². The molecule has 2 aliphatic rings. The third-order valence-corrected chi connectivity index (χ3v) is 9.61. The second kappa shape index (κ2) is 12.3. The van der Waals surface area contributed by atoms with E-state index in [-0.39, 0.29) is 11.4 Å². The summed E-state index contributed by atoms with van der Waals surface area (Å²) in [5.74, 6) is 1.18. The molecule has 234 valence electrons. The van der Waals surface area contributed by atoms with E-state index < -0.39 is 11.1 Å². The van der Waals surface area contributed by atoms with Crippen LogP contribution in [0.1, 0.15) is 70.3 Å². The van der Waals surface area contributed by atoms with Crippen LogP contribution in [-0.4, -0.2) is 71.4 Å². The number of amides is 2. The third-order valence-electron chi connectivity index (χ3n) is 9.11. The van der Waals surface area contributed by atoms with Crippen molar-refractivity contribution in [2.24, 2.45) is 4.99 Å². The van der Waals surface area contributed by atoms with Crippen LogP contribution in [0.2, 0.25) is 10.0 Å². The van der Waals surface area contributed by atoms with Gasteiger partial charge in [-0.2, -0.15) is 0 Å². The smallest absolute Gasteiger partial charge is 0.326 e. The molecule has 3 heterocycles. The summed E-state index contributed by atoms with van der Waals surface area (Å²) in [5, 5.41) is 1.26. The first kappa shape index (κ1) is 32.3. The molecule has 2 aromatic carbocycles. The van der Waals surface area contributed by atoms with Crippen LogP contribution in [-0.2, 0) is 16.5 Å². The summed E-state index contributed by atoms with van der Waals surface area (Å²) in [5.41, 5.74) is 1.37. The van der Waals surface area contributed by atoms with Crippen molar-refractivity contribution in [2.75, 3.05) is 39.8 Å². The lowest BCUT2D eigenvalue weighted by molar-refractivity contribution is 0.109. The molecule has 2 amide bonds. The molecule has 0 spiro atoms. The van der Waals surface area contributed by atoms with E-state index in [1.54, 1.807) is 0 Å². The van der Waals surface area contributed by atoms with Crippen molar-refractivity contribution in [3.8, 4) is 5.75 Å². The maximum atomic E-state index is 15.0. The van der Waals surface area contributed by atoms with Gasteiger partial charge in [0.1, 0.15) is 22.7 Å². The van der Waals surface area contributed by atoms with Gasteiger partial charge in [-0.15, -0.1) is 0 Å².